The van der Waals surface area contributed by atoms with E-state index in [1.165, 1.54) is 5.56 Å². The molecule has 0 unspecified atom stereocenters. The van der Waals surface area contributed by atoms with Crippen LogP contribution < -0.4 is 25.4 Å². The maximum Gasteiger partial charge on any atom is 0.251 e. The molecular formula is C23H32N4O3. The molecule has 0 aliphatic carbocycles. The first-order valence-electron chi connectivity index (χ1n) is 10.2. The van der Waals surface area contributed by atoms with Crippen LogP contribution >= 0.6 is 0 Å². The number of nitrogens with zero attached hydrogens (tertiary/aromatic N) is 1. The van der Waals surface area contributed by atoms with E-state index in [2.05, 4.69) is 27.0 Å². The summed E-state index contributed by atoms with van der Waals surface area (Å²) >= 11 is 0. The highest BCUT2D eigenvalue weighted by Gasteiger charge is 2.06. The molecule has 2 aromatic carbocycles. The summed E-state index contributed by atoms with van der Waals surface area (Å²) in [6.45, 7) is 3.94. The number of methoxy groups -OCH3 is 1. The molecule has 162 valence electrons. The van der Waals surface area contributed by atoms with Crippen molar-refractivity contribution in [2.24, 2.45) is 4.99 Å². The predicted molar refractivity (Wildman–Crippen MR) is 121 cm³/mol. The van der Waals surface area contributed by atoms with E-state index in [9.17, 15) is 4.79 Å². The average molecular weight is 413 g/mol. The van der Waals surface area contributed by atoms with Crippen molar-refractivity contribution in [1.29, 1.82) is 0 Å². The molecular weight excluding hydrogens is 380 g/mol. The van der Waals surface area contributed by atoms with E-state index in [0.29, 0.717) is 18.7 Å². The Morgan fingerprint density at radius 2 is 1.90 bits per heavy atom. The van der Waals surface area contributed by atoms with Gasteiger partial charge < -0.3 is 25.4 Å². The Labute approximate surface area is 178 Å². The van der Waals surface area contributed by atoms with Crippen LogP contribution in [-0.4, -0.2) is 46.2 Å². The number of carbonyl (C=O) groups is 1. The molecule has 0 atom stereocenters. The summed E-state index contributed by atoms with van der Waals surface area (Å²) in [5.41, 5.74) is 2.86. The third-order valence-electron chi connectivity index (χ3n) is 4.56. The van der Waals surface area contributed by atoms with Gasteiger partial charge >= 0.3 is 0 Å². The highest BCUT2D eigenvalue weighted by atomic mass is 16.5. The molecule has 0 aliphatic heterocycles. The molecule has 3 N–H and O–H groups in total. The Balaban J connectivity index is 1.80. The van der Waals surface area contributed by atoms with Gasteiger partial charge in [0.2, 0.25) is 0 Å². The number of aliphatic imine (C=N–C) groups is 1. The fourth-order valence-corrected chi connectivity index (χ4v) is 3.02. The summed E-state index contributed by atoms with van der Waals surface area (Å²) in [6, 6.07) is 13.6. The van der Waals surface area contributed by atoms with Crippen LogP contribution in [0, 0.1) is 0 Å². The van der Waals surface area contributed by atoms with Crippen LogP contribution in [-0.2, 0) is 13.0 Å². The van der Waals surface area contributed by atoms with Gasteiger partial charge in [-0.25, -0.2) is 0 Å². The summed E-state index contributed by atoms with van der Waals surface area (Å²) in [4.78, 5) is 16.0. The fraction of sp³-hybridized carbons (Fsp3) is 0.391. The lowest BCUT2D eigenvalue weighted by molar-refractivity contribution is 0.0963. The smallest absolute Gasteiger partial charge is 0.251 e. The van der Waals surface area contributed by atoms with E-state index in [0.717, 1.165) is 42.4 Å². The van der Waals surface area contributed by atoms with Crippen LogP contribution in [0.1, 0.15) is 34.8 Å². The summed E-state index contributed by atoms with van der Waals surface area (Å²) < 4.78 is 11.0. The molecule has 0 bridgehead atoms. The third kappa shape index (κ3) is 6.99. The van der Waals surface area contributed by atoms with Crippen LogP contribution in [0.2, 0.25) is 0 Å². The second-order valence-corrected chi connectivity index (χ2v) is 6.65. The zero-order valence-corrected chi connectivity index (χ0v) is 18.2. The molecule has 30 heavy (non-hydrogen) atoms. The molecule has 2 aromatic rings. The van der Waals surface area contributed by atoms with Crippen molar-refractivity contribution >= 4 is 11.9 Å². The van der Waals surface area contributed by atoms with Crippen LogP contribution in [0.15, 0.2) is 47.5 Å². The predicted octanol–water partition coefficient (Wildman–Crippen LogP) is 2.75. The monoisotopic (exact) mass is 412 g/mol. The van der Waals surface area contributed by atoms with Gasteiger partial charge in [0.15, 0.2) is 17.5 Å². The van der Waals surface area contributed by atoms with Gasteiger partial charge in [-0.05, 0) is 55.2 Å². The normalized spacial score (nSPS) is 11.0. The van der Waals surface area contributed by atoms with Crippen LogP contribution in [0.5, 0.6) is 11.5 Å². The standard InChI is InChI=1S/C23H32N4O3/c1-5-30-21-15-17(11-12-20(21)29-4)9-7-13-26-23(25-3)27-16-18-8-6-10-19(14-18)22(28)24-2/h6,8,10-12,14-15H,5,7,9,13,16H2,1-4H3,(H,24,28)(H2,25,26,27). The molecule has 0 heterocycles. The van der Waals surface area contributed by atoms with Crippen molar-refractivity contribution in [2.45, 2.75) is 26.3 Å². The van der Waals surface area contributed by atoms with Crippen molar-refractivity contribution < 1.29 is 14.3 Å². The molecule has 0 saturated carbocycles. The molecule has 0 aromatic heterocycles. The number of nitrogens with one attached hydrogen (secondary N) is 3. The van der Waals surface area contributed by atoms with Gasteiger partial charge in [-0.2, -0.15) is 0 Å². The number of hydrogen-bond donors (Lipinski definition) is 3. The maximum atomic E-state index is 11.8. The minimum atomic E-state index is -0.0922. The number of guanidine groups is 1. The molecule has 2 rings (SSSR count). The third-order valence-corrected chi connectivity index (χ3v) is 4.56. The number of carbonyl (C=O) groups excluding carboxylic acids is 1. The first kappa shape index (κ1) is 23.1. The second-order valence-electron chi connectivity index (χ2n) is 6.65. The molecule has 7 nitrogen and oxygen atoms in total. The molecule has 0 fully saturated rings. The Kier molecular flexibility index (Phi) is 9.51. The van der Waals surface area contributed by atoms with E-state index < -0.39 is 0 Å². The first-order valence-corrected chi connectivity index (χ1v) is 10.2. The Morgan fingerprint density at radius 3 is 2.60 bits per heavy atom. The van der Waals surface area contributed by atoms with Crippen molar-refractivity contribution in [3.05, 3.63) is 59.2 Å². The molecule has 0 saturated heterocycles. The average Bonchev–Trinajstić information content (AvgIpc) is 2.78. The first-order chi connectivity index (χ1) is 14.6. The SMILES string of the molecule is CCOc1cc(CCCNC(=NC)NCc2cccc(C(=O)NC)c2)ccc1OC. The second kappa shape index (κ2) is 12.4. The van der Waals surface area contributed by atoms with Crippen molar-refractivity contribution in [3.63, 3.8) is 0 Å². The van der Waals surface area contributed by atoms with Crippen molar-refractivity contribution in [2.75, 3.05) is 34.4 Å². The van der Waals surface area contributed by atoms with E-state index in [1.807, 2.05) is 37.3 Å². The minimum absolute atomic E-state index is 0.0922. The Bertz CT molecular complexity index is 852. The summed E-state index contributed by atoms with van der Waals surface area (Å²) in [7, 11) is 5.02. The van der Waals surface area contributed by atoms with Gasteiger partial charge in [-0.1, -0.05) is 18.2 Å². The lowest BCUT2D eigenvalue weighted by atomic mass is 10.1. The molecule has 7 heteroatoms. The number of hydrogen-bond acceptors (Lipinski definition) is 4. The summed E-state index contributed by atoms with van der Waals surface area (Å²) in [5.74, 6) is 2.17. The van der Waals surface area contributed by atoms with Gasteiger partial charge in [-0.15, -0.1) is 0 Å². The molecule has 0 radical (unpaired) electrons. The van der Waals surface area contributed by atoms with Gasteiger partial charge in [0.25, 0.3) is 5.91 Å². The molecule has 0 aliphatic rings. The number of amides is 1. The van der Waals surface area contributed by atoms with Crippen LogP contribution in [0.25, 0.3) is 0 Å². The Hall–Kier alpha value is -3.22. The molecule has 1 amide bonds. The van der Waals surface area contributed by atoms with E-state index in [1.54, 1.807) is 27.3 Å². The van der Waals surface area contributed by atoms with Crippen LogP contribution in [0.3, 0.4) is 0 Å². The van der Waals surface area contributed by atoms with Crippen molar-refractivity contribution in [1.82, 2.24) is 16.0 Å². The number of ether oxygens (including phenoxy) is 2. The zero-order chi connectivity index (χ0) is 21.8. The fourth-order valence-electron chi connectivity index (χ4n) is 3.02. The molecule has 0 spiro atoms. The maximum absolute atomic E-state index is 11.8. The highest BCUT2D eigenvalue weighted by Crippen LogP contribution is 2.28. The van der Waals surface area contributed by atoms with Gasteiger partial charge in [0.1, 0.15) is 0 Å². The van der Waals surface area contributed by atoms with E-state index in [4.69, 9.17) is 9.47 Å². The number of aryl methyl sites for hydroxylation is 1. The van der Waals surface area contributed by atoms with Crippen LogP contribution in [0.4, 0.5) is 0 Å². The lowest BCUT2D eigenvalue weighted by Gasteiger charge is -2.13. The van der Waals surface area contributed by atoms with Gasteiger partial charge in [0.05, 0.1) is 13.7 Å². The minimum Gasteiger partial charge on any atom is -0.493 e. The Morgan fingerprint density at radius 1 is 1.07 bits per heavy atom. The summed E-state index contributed by atoms with van der Waals surface area (Å²) in [5, 5.41) is 9.24. The largest absolute Gasteiger partial charge is 0.493 e. The highest BCUT2D eigenvalue weighted by molar-refractivity contribution is 5.94. The van der Waals surface area contributed by atoms with Gasteiger partial charge in [-0.3, -0.25) is 9.79 Å². The van der Waals surface area contributed by atoms with E-state index in [-0.39, 0.29) is 5.91 Å². The summed E-state index contributed by atoms with van der Waals surface area (Å²) in [6.07, 6.45) is 1.87. The van der Waals surface area contributed by atoms with Crippen molar-refractivity contribution in [3.8, 4) is 11.5 Å². The lowest BCUT2D eigenvalue weighted by Crippen LogP contribution is -2.37. The number of rotatable bonds is 10. The van der Waals surface area contributed by atoms with E-state index >= 15 is 0 Å². The zero-order valence-electron chi connectivity index (χ0n) is 18.2. The quantitative estimate of drug-likeness (QED) is 0.317. The van der Waals surface area contributed by atoms with Gasteiger partial charge in [0, 0.05) is 32.7 Å². The number of benzene rings is 2. The topological polar surface area (TPSA) is 84.0 Å².